The number of rotatable bonds is 4. The smallest absolute Gasteiger partial charge is 0.254 e. The lowest BCUT2D eigenvalue weighted by molar-refractivity contribution is 0.0228. The summed E-state index contributed by atoms with van der Waals surface area (Å²) in [6.45, 7) is 8.21. The Morgan fingerprint density at radius 3 is 2.89 bits per heavy atom. The van der Waals surface area contributed by atoms with Crippen molar-refractivity contribution in [1.82, 2.24) is 15.3 Å². The topological polar surface area (TPSA) is 67.0 Å². The molecule has 2 rings (SSSR count). The minimum atomic E-state index is -0.144. The third-order valence-corrected chi connectivity index (χ3v) is 3.18. The minimum absolute atomic E-state index is 0.0122. The van der Waals surface area contributed by atoms with Gasteiger partial charge >= 0.3 is 0 Å². The summed E-state index contributed by atoms with van der Waals surface area (Å²) in [7, 11) is 0. The fraction of sp³-hybridized carbons (Fsp3) is 0.692. The first-order valence-electron chi connectivity index (χ1n) is 6.57. The predicted molar refractivity (Wildman–Crippen MR) is 69.5 cm³/mol. The van der Waals surface area contributed by atoms with Crippen molar-refractivity contribution in [2.75, 3.05) is 13.2 Å². The highest BCUT2D eigenvalue weighted by Gasteiger charge is 2.22. The van der Waals surface area contributed by atoms with Crippen LogP contribution in [0.4, 0.5) is 0 Å². The summed E-state index contributed by atoms with van der Waals surface area (Å²) >= 11 is 0. The molecule has 2 N–H and O–H groups in total. The fourth-order valence-electron chi connectivity index (χ4n) is 2.29. The van der Waals surface area contributed by atoms with Crippen molar-refractivity contribution in [2.45, 2.75) is 39.8 Å². The van der Waals surface area contributed by atoms with E-state index in [2.05, 4.69) is 29.1 Å². The quantitative estimate of drug-likeness (QED) is 0.842. The number of aromatic nitrogens is 2. The van der Waals surface area contributed by atoms with Crippen LogP contribution in [0.15, 0.2) is 4.79 Å². The van der Waals surface area contributed by atoms with Gasteiger partial charge in [-0.15, -0.1) is 0 Å². The van der Waals surface area contributed by atoms with Gasteiger partial charge in [-0.2, -0.15) is 0 Å². The zero-order valence-electron chi connectivity index (χ0n) is 11.2. The summed E-state index contributed by atoms with van der Waals surface area (Å²) in [5, 5.41) is 3.24. The molecule has 0 bridgehead atoms. The highest BCUT2D eigenvalue weighted by Crippen LogP contribution is 2.22. The maximum absolute atomic E-state index is 12.0. The third-order valence-electron chi connectivity index (χ3n) is 3.18. The van der Waals surface area contributed by atoms with Crippen molar-refractivity contribution in [2.24, 2.45) is 5.92 Å². The van der Waals surface area contributed by atoms with Gasteiger partial charge in [0.2, 0.25) is 0 Å². The van der Waals surface area contributed by atoms with Gasteiger partial charge in [0.05, 0.1) is 5.69 Å². The van der Waals surface area contributed by atoms with Crippen molar-refractivity contribution in [3.05, 3.63) is 27.4 Å². The Morgan fingerprint density at radius 1 is 1.44 bits per heavy atom. The monoisotopic (exact) mass is 251 g/mol. The Morgan fingerprint density at radius 2 is 2.22 bits per heavy atom. The lowest BCUT2D eigenvalue weighted by Gasteiger charge is -2.22. The van der Waals surface area contributed by atoms with Crippen LogP contribution in [0.3, 0.4) is 0 Å². The molecule has 5 heteroatoms. The first kappa shape index (κ1) is 13.2. The molecule has 100 valence electrons. The van der Waals surface area contributed by atoms with Gasteiger partial charge in [0.1, 0.15) is 11.9 Å². The van der Waals surface area contributed by atoms with Gasteiger partial charge in [-0.25, -0.2) is 4.98 Å². The predicted octanol–water partition coefficient (Wildman–Crippen LogP) is 1.15. The van der Waals surface area contributed by atoms with Crippen LogP contribution in [-0.4, -0.2) is 23.1 Å². The van der Waals surface area contributed by atoms with Crippen LogP contribution in [0.1, 0.15) is 44.0 Å². The summed E-state index contributed by atoms with van der Waals surface area (Å²) < 4.78 is 5.68. The van der Waals surface area contributed by atoms with E-state index < -0.39 is 0 Å². The van der Waals surface area contributed by atoms with Gasteiger partial charge in [-0.3, -0.25) is 4.79 Å². The number of fused-ring (bicyclic) bond motifs is 1. The standard InChI is InChI=1S/C13H21N3O2/c1-4-18-11(8(2)3)12-15-10-7-14-6-5-9(10)13(17)16-12/h8,11,14H,4-7H2,1-3H3,(H,15,16,17). The van der Waals surface area contributed by atoms with Gasteiger partial charge in [0, 0.05) is 18.7 Å². The zero-order chi connectivity index (χ0) is 13.1. The molecule has 5 nitrogen and oxygen atoms in total. The van der Waals surface area contributed by atoms with E-state index in [0.29, 0.717) is 19.0 Å². The lowest BCUT2D eigenvalue weighted by Crippen LogP contribution is -2.33. The summed E-state index contributed by atoms with van der Waals surface area (Å²) in [6.07, 6.45) is 0.605. The van der Waals surface area contributed by atoms with E-state index in [-0.39, 0.29) is 17.6 Å². The lowest BCUT2D eigenvalue weighted by atomic mass is 10.0. The van der Waals surface area contributed by atoms with Crippen LogP contribution in [0.5, 0.6) is 0 Å². The Labute approximate surface area is 107 Å². The Balaban J connectivity index is 2.39. The molecule has 0 fully saturated rings. The van der Waals surface area contributed by atoms with Crippen molar-refractivity contribution in [3.63, 3.8) is 0 Å². The maximum atomic E-state index is 12.0. The number of ether oxygens (including phenoxy) is 1. The largest absolute Gasteiger partial charge is 0.370 e. The van der Waals surface area contributed by atoms with E-state index in [1.54, 1.807) is 0 Å². The van der Waals surface area contributed by atoms with E-state index in [1.807, 2.05) is 6.92 Å². The Kier molecular flexibility index (Phi) is 4.14. The van der Waals surface area contributed by atoms with Gasteiger partial charge in [0.15, 0.2) is 0 Å². The van der Waals surface area contributed by atoms with Gasteiger partial charge < -0.3 is 15.0 Å². The second-order valence-corrected chi connectivity index (χ2v) is 4.92. The van der Waals surface area contributed by atoms with Crippen LogP contribution in [0.2, 0.25) is 0 Å². The van der Waals surface area contributed by atoms with Crippen LogP contribution in [0.25, 0.3) is 0 Å². The molecule has 0 saturated carbocycles. The van der Waals surface area contributed by atoms with E-state index in [4.69, 9.17) is 4.74 Å². The minimum Gasteiger partial charge on any atom is -0.370 e. The molecule has 1 atom stereocenters. The number of hydrogen-bond acceptors (Lipinski definition) is 4. The van der Waals surface area contributed by atoms with Crippen molar-refractivity contribution in [3.8, 4) is 0 Å². The van der Waals surface area contributed by atoms with Crippen LogP contribution in [0, 0.1) is 5.92 Å². The first-order chi connectivity index (χ1) is 8.63. The molecule has 2 heterocycles. The maximum Gasteiger partial charge on any atom is 0.254 e. The molecule has 1 aliphatic rings. The average Bonchev–Trinajstić information content (AvgIpc) is 2.35. The summed E-state index contributed by atoms with van der Waals surface area (Å²) in [4.78, 5) is 19.5. The molecule has 0 aliphatic carbocycles. The highest BCUT2D eigenvalue weighted by molar-refractivity contribution is 5.21. The molecule has 1 aliphatic heterocycles. The second kappa shape index (κ2) is 5.63. The van der Waals surface area contributed by atoms with Crippen molar-refractivity contribution >= 4 is 0 Å². The molecule has 0 saturated heterocycles. The zero-order valence-corrected chi connectivity index (χ0v) is 11.2. The highest BCUT2D eigenvalue weighted by atomic mass is 16.5. The number of aromatic amines is 1. The van der Waals surface area contributed by atoms with E-state index >= 15 is 0 Å². The molecule has 1 aromatic heterocycles. The van der Waals surface area contributed by atoms with Crippen LogP contribution in [-0.2, 0) is 17.7 Å². The summed E-state index contributed by atoms with van der Waals surface area (Å²) in [5.74, 6) is 0.932. The Bertz CT molecular complexity index is 468. The van der Waals surface area contributed by atoms with Gasteiger partial charge in [0.25, 0.3) is 5.56 Å². The molecule has 18 heavy (non-hydrogen) atoms. The Hall–Kier alpha value is -1.20. The van der Waals surface area contributed by atoms with E-state index in [0.717, 1.165) is 24.2 Å². The number of nitrogens with one attached hydrogen (secondary N) is 2. The van der Waals surface area contributed by atoms with Crippen LogP contribution >= 0.6 is 0 Å². The van der Waals surface area contributed by atoms with Crippen molar-refractivity contribution in [1.29, 1.82) is 0 Å². The van der Waals surface area contributed by atoms with E-state index in [9.17, 15) is 4.79 Å². The number of nitrogens with zero attached hydrogens (tertiary/aromatic N) is 1. The average molecular weight is 251 g/mol. The van der Waals surface area contributed by atoms with Gasteiger partial charge in [-0.05, 0) is 25.8 Å². The van der Waals surface area contributed by atoms with Crippen LogP contribution < -0.4 is 10.9 Å². The molecule has 0 spiro atoms. The molecule has 1 aromatic rings. The molecular weight excluding hydrogens is 230 g/mol. The molecule has 0 radical (unpaired) electrons. The SMILES string of the molecule is CCOC(c1nc2c(c(=O)[nH]1)CCNC2)C(C)C. The second-order valence-electron chi connectivity index (χ2n) is 4.92. The molecule has 1 unspecified atom stereocenters. The first-order valence-corrected chi connectivity index (χ1v) is 6.57. The normalized spacial score (nSPS) is 16.7. The van der Waals surface area contributed by atoms with Gasteiger partial charge in [-0.1, -0.05) is 13.8 Å². The number of hydrogen-bond donors (Lipinski definition) is 2. The molecule has 0 amide bonds. The fourth-order valence-corrected chi connectivity index (χ4v) is 2.29. The summed E-state index contributed by atoms with van der Waals surface area (Å²) in [6, 6.07) is 0. The summed E-state index contributed by atoms with van der Waals surface area (Å²) in [5.41, 5.74) is 1.67. The number of H-pyrrole nitrogens is 1. The van der Waals surface area contributed by atoms with Crippen molar-refractivity contribution < 1.29 is 4.74 Å². The van der Waals surface area contributed by atoms with E-state index in [1.165, 1.54) is 0 Å². The molecule has 0 aromatic carbocycles. The third kappa shape index (κ3) is 2.62. The molecular formula is C13H21N3O2.